The van der Waals surface area contributed by atoms with Crippen LogP contribution in [0.5, 0.6) is 0 Å². The van der Waals surface area contributed by atoms with Gasteiger partial charge >= 0.3 is 5.97 Å². The number of hydrogen-bond donors (Lipinski definition) is 1. The standard InChI is InChI=1S/C27H29NO3S/c1-17(2)31-27(30)24-21-15-14-18(3)16-22(21)32-26(24)28-25(29)23(19-10-6-4-7-11-19)20-12-8-5-9-13-20/h4-13,17-18,23H,14-16H2,1-3H3,(H,28,29). The zero-order valence-electron chi connectivity index (χ0n) is 18.8. The van der Waals surface area contributed by atoms with Crippen molar-refractivity contribution in [1.82, 2.24) is 0 Å². The van der Waals surface area contributed by atoms with Gasteiger partial charge in [-0.2, -0.15) is 0 Å². The fraction of sp³-hybridized carbons (Fsp3) is 0.333. The Bertz CT molecular complexity index is 1050. The first-order chi connectivity index (χ1) is 15.4. The molecular formula is C27H29NO3S. The molecule has 2 aromatic carbocycles. The summed E-state index contributed by atoms with van der Waals surface area (Å²) in [6.07, 6.45) is 2.59. The van der Waals surface area contributed by atoms with Gasteiger partial charge < -0.3 is 10.1 Å². The minimum atomic E-state index is -0.468. The van der Waals surface area contributed by atoms with Crippen LogP contribution in [0, 0.1) is 5.92 Å². The lowest BCUT2D eigenvalue weighted by Gasteiger charge is -2.19. The van der Waals surface area contributed by atoms with Crippen LogP contribution in [0.3, 0.4) is 0 Å². The molecule has 1 aromatic heterocycles. The molecule has 1 unspecified atom stereocenters. The molecule has 0 bridgehead atoms. The number of amides is 1. The lowest BCUT2D eigenvalue weighted by molar-refractivity contribution is -0.116. The van der Waals surface area contributed by atoms with E-state index in [1.807, 2.05) is 74.5 Å². The number of thiophene rings is 1. The molecular weight excluding hydrogens is 418 g/mol. The van der Waals surface area contributed by atoms with Crippen LogP contribution in [0.4, 0.5) is 5.00 Å². The summed E-state index contributed by atoms with van der Waals surface area (Å²) in [6.45, 7) is 5.92. The number of carbonyl (C=O) groups excluding carboxylic acids is 2. The van der Waals surface area contributed by atoms with Gasteiger partial charge in [-0.05, 0) is 55.7 Å². The molecule has 1 aliphatic rings. The maximum absolute atomic E-state index is 13.6. The monoisotopic (exact) mass is 447 g/mol. The molecule has 4 rings (SSSR count). The van der Waals surface area contributed by atoms with E-state index in [2.05, 4.69) is 12.2 Å². The van der Waals surface area contributed by atoms with E-state index >= 15 is 0 Å². The maximum atomic E-state index is 13.6. The van der Waals surface area contributed by atoms with E-state index in [1.54, 1.807) is 0 Å². The Hall–Kier alpha value is -2.92. The highest BCUT2D eigenvalue weighted by Gasteiger charge is 2.31. The second-order valence-electron chi connectivity index (χ2n) is 8.75. The predicted molar refractivity (Wildman–Crippen MR) is 129 cm³/mol. The Balaban J connectivity index is 1.72. The molecule has 4 nitrogen and oxygen atoms in total. The number of carbonyl (C=O) groups is 2. The molecule has 1 heterocycles. The van der Waals surface area contributed by atoms with Crippen molar-refractivity contribution in [3.8, 4) is 0 Å². The predicted octanol–water partition coefficient (Wildman–Crippen LogP) is 6.21. The Labute approximate surface area is 193 Å². The van der Waals surface area contributed by atoms with Crippen LogP contribution in [0.2, 0.25) is 0 Å². The fourth-order valence-corrected chi connectivity index (χ4v) is 5.70. The van der Waals surface area contributed by atoms with E-state index < -0.39 is 5.92 Å². The first kappa shape index (κ1) is 22.3. The highest BCUT2D eigenvalue weighted by Crippen LogP contribution is 2.41. The first-order valence-corrected chi connectivity index (χ1v) is 12.0. The molecule has 32 heavy (non-hydrogen) atoms. The molecule has 1 N–H and O–H groups in total. The van der Waals surface area contributed by atoms with Crippen molar-refractivity contribution in [3.05, 3.63) is 87.8 Å². The fourth-order valence-electron chi connectivity index (χ4n) is 4.30. The van der Waals surface area contributed by atoms with E-state index in [1.165, 1.54) is 16.2 Å². The van der Waals surface area contributed by atoms with Crippen molar-refractivity contribution in [2.24, 2.45) is 5.92 Å². The number of esters is 1. The largest absolute Gasteiger partial charge is 0.459 e. The Morgan fingerprint density at radius 2 is 1.59 bits per heavy atom. The van der Waals surface area contributed by atoms with Gasteiger partial charge in [0.15, 0.2) is 0 Å². The zero-order valence-corrected chi connectivity index (χ0v) is 19.6. The number of rotatable bonds is 6. The van der Waals surface area contributed by atoms with Gasteiger partial charge in [0.1, 0.15) is 5.00 Å². The second kappa shape index (κ2) is 9.70. The third-order valence-corrected chi connectivity index (χ3v) is 6.99. The minimum Gasteiger partial charge on any atom is -0.459 e. The number of nitrogens with one attached hydrogen (secondary N) is 1. The van der Waals surface area contributed by atoms with Gasteiger partial charge in [0.25, 0.3) is 0 Å². The van der Waals surface area contributed by atoms with Gasteiger partial charge in [-0.15, -0.1) is 11.3 Å². The summed E-state index contributed by atoms with van der Waals surface area (Å²) in [7, 11) is 0. The van der Waals surface area contributed by atoms with Crippen LogP contribution in [-0.4, -0.2) is 18.0 Å². The quantitative estimate of drug-likeness (QED) is 0.457. The van der Waals surface area contributed by atoms with E-state index in [0.717, 1.165) is 36.0 Å². The topological polar surface area (TPSA) is 55.4 Å². The molecule has 5 heteroatoms. The third kappa shape index (κ3) is 4.78. The average molecular weight is 448 g/mol. The highest BCUT2D eigenvalue weighted by atomic mass is 32.1. The number of benzene rings is 2. The van der Waals surface area contributed by atoms with Gasteiger partial charge in [-0.3, -0.25) is 4.79 Å². The zero-order chi connectivity index (χ0) is 22.7. The van der Waals surface area contributed by atoms with Crippen molar-refractivity contribution in [1.29, 1.82) is 0 Å². The summed E-state index contributed by atoms with van der Waals surface area (Å²) < 4.78 is 5.56. The lowest BCUT2D eigenvalue weighted by Crippen LogP contribution is -2.23. The van der Waals surface area contributed by atoms with E-state index in [-0.39, 0.29) is 18.0 Å². The summed E-state index contributed by atoms with van der Waals surface area (Å²) in [5, 5.41) is 3.72. The summed E-state index contributed by atoms with van der Waals surface area (Å²) in [5.74, 6) is -0.393. The van der Waals surface area contributed by atoms with Gasteiger partial charge in [0.2, 0.25) is 5.91 Å². The molecule has 1 amide bonds. The van der Waals surface area contributed by atoms with Crippen LogP contribution in [0.25, 0.3) is 0 Å². The molecule has 0 spiro atoms. The Morgan fingerprint density at radius 1 is 1.00 bits per heavy atom. The highest BCUT2D eigenvalue weighted by molar-refractivity contribution is 7.17. The number of anilines is 1. The molecule has 0 fully saturated rings. The van der Waals surface area contributed by atoms with Crippen molar-refractivity contribution in [2.45, 2.75) is 52.1 Å². The van der Waals surface area contributed by atoms with Crippen LogP contribution < -0.4 is 5.32 Å². The SMILES string of the molecule is CC1CCc2c(sc(NC(=O)C(c3ccccc3)c3ccccc3)c2C(=O)OC(C)C)C1. The van der Waals surface area contributed by atoms with Crippen molar-refractivity contribution >= 4 is 28.2 Å². The Kier molecular flexibility index (Phi) is 6.75. The van der Waals surface area contributed by atoms with E-state index in [9.17, 15) is 9.59 Å². The van der Waals surface area contributed by atoms with Crippen molar-refractivity contribution in [2.75, 3.05) is 5.32 Å². The van der Waals surface area contributed by atoms with Gasteiger partial charge in [0.05, 0.1) is 17.6 Å². The van der Waals surface area contributed by atoms with Crippen molar-refractivity contribution < 1.29 is 14.3 Å². The van der Waals surface area contributed by atoms with Crippen LogP contribution in [0.1, 0.15) is 65.0 Å². The molecule has 166 valence electrons. The number of fused-ring (bicyclic) bond motifs is 1. The van der Waals surface area contributed by atoms with Crippen LogP contribution >= 0.6 is 11.3 Å². The summed E-state index contributed by atoms with van der Waals surface area (Å²) >= 11 is 1.52. The van der Waals surface area contributed by atoms with Gasteiger partial charge in [-0.25, -0.2) is 4.79 Å². The number of ether oxygens (including phenoxy) is 1. The molecule has 0 saturated heterocycles. The molecule has 3 aromatic rings. The van der Waals surface area contributed by atoms with Gasteiger partial charge in [0, 0.05) is 4.88 Å². The maximum Gasteiger partial charge on any atom is 0.341 e. The minimum absolute atomic E-state index is 0.146. The molecule has 0 aliphatic heterocycles. The van der Waals surface area contributed by atoms with E-state index in [0.29, 0.717) is 16.5 Å². The third-order valence-electron chi connectivity index (χ3n) is 5.82. The molecule has 0 radical (unpaired) electrons. The van der Waals surface area contributed by atoms with Gasteiger partial charge in [-0.1, -0.05) is 67.6 Å². The van der Waals surface area contributed by atoms with Crippen molar-refractivity contribution in [3.63, 3.8) is 0 Å². The number of hydrogen-bond acceptors (Lipinski definition) is 4. The second-order valence-corrected chi connectivity index (χ2v) is 9.86. The Morgan fingerprint density at radius 3 is 2.16 bits per heavy atom. The summed E-state index contributed by atoms with van der Waals surface area (Å²) in [6, 6.07) is 19.5. The normalized spacial score (nSPS) is 15.5. The molecule has 0 saturated carbocycles. The van der Waals surface area contributed by atoms with Crippen LogP contribution in [-0.2, 0) is 22.4 Å². The summed E-state index contributed by atoms with van der Waals surface area (Å²) in [5.41, 5.74) is 3.42. The van der Waals surface area contributed by atoms with Crippen LogP contribution in [0.15, 0.2) is 60.7 Å². The average Bonchev–Trinajstić information content (AvgIpc) is 3.11. The molecule has 1 atom stereocenters. The molecule has 1 aliphatic carbocycles. The smallest absolute Gasteiger partial charge is 0.341 e. The first-order valence-electron chi connectivity index (χ1n) is 11.2. The summed E-state index contributed by atoms with van der Waals surface area (Å²) in [4.78, 5) is 27.8. The van der Waals surface area contributed by atoms with E-state index in [4.69, 9.17) is 4.74 Å². The lowest BCUT2D eigenvalue weighted by atomic mass is 9.88.